The van der Waals surface area contributed by atoms with Gasteiger partial charge in [0, 0.05) is 18.8 Å². The van der Waals surface area contributed by atoms with E-state index in [4.69, 9.17) is 5.73 Å². The zero-order chi connectivity index (χ0) is 9.68. The van der Waals surface area contributed by atoms with Gasteiger partial charge in [-0.3, -0.25) is 0 Å². The summed E-state index contributed by atoms with van der Waals surface area (Å²) in [4.78, 5) is 4.08. The summed E-state index contributed by atoms with van der Waals surface area (Å²) in [5.74, 6) is 0. The minimum atomic E-state index is 0.0631. The molecule has 0 saturated carbocycles. The lowest BCUT2D eigenvalue weighted by atomic mass is 10.2. The molecule has 3 heteroatoms. The molecule has 0 spiro atoms. The van der Waals surface area contributed by atoms with Gasteiger partial charge in [-0.25, -0.2) is 4.98 Å². The van der Waals surface area contributed by atoms with Gasteiger partial charge in [0.2, 0.25) is 0 Å². The summed E-state index contributed by atoms with van der Waals surface area (Å²) in [7, 11) is 0. The third-order valence-corrected chi connectivity index (χ3v) is 1.98. The molecule has 0 aliphatic heterocycles. The van der Waals surface area contributed by atoms with E-state index in [0.29, 0.717) is 0 Å². The molecule has 0 fully saturated rings. The van der Waals surface area contributed by atoms with Crippen molar-refractivity contribution in [2.24, 2.45) is 5.73 Å². The van der Waals surface area contributed by atoms with Gasteiger partial charge in [0.05, 0.1) is 12.0 Å². The average molecular weight is 179 g/mol. The second-order valence-electron chi connectivity index (χ2n) is 3.16. The third kappa shape index (κ3) is 2.70. The monoisotopic (exact) mass is 179 g/mol. The van der Waals surface area contributed by atoms with E-state index in [2.05, 4.69) is 21.7 Å². The molecule has 1 aromatic rings. The number of rotatable bonds is 4. The second-order valence-corrected chi connectivity index (χ2v) is 3.16. The highest BCUT2D eigenvalue weighted by atomic mass is 15.1. The molecular formula is C10H17N3. The first kappa shape index (κ1) is 9.99. The molecule has 2 N–H and O–H groups in total. The van der Waals surface area contributed by atoms with Gasteiger partial charge in [0.1, 0.15) is 0 Å². The number of hydrogen-bond donors (Lipinski definition) is 1. The molecule has 1 heterocycles. The van der Waals surface area contributed by atoms with Gasteiger partial charge in [0.15, 0.2) is 0 Å². The van der Waals surface area contributed by atoms with E-state index in [1.54, 1.807) is 0 Å². The maximum Gasteiger partial charge on any atom is 0.0948 e. The number of aryl methyl sites for hydroxylation is 1. The lowest BCUT2D eigenvalue weighted by Gasteiger charge is -2.08. The smallest absolute Gasteiger partial charge is 0.0948 e. The Kier molecular flexibility index (Phi) is 3.71. The van der Waals surface area contributed by atoms with Crippen molar-refractivity contribution in [3.8, 4) is 0 Å². The molecule has 0 saturated heterocycles. The van der Waals surface area contributed by atoms with Gasteiger partial charge in [-0.05, 0) is 20.3 Å². The molecule has 0 aliphatic rings. The van der Waals surface area contributed by atoms with Crippen LogP contribution in [0.1, 0.15) is 32.0 Å². The number of aromatic nitrogens is 2. The van der Waals surface area contributed by atoms with Gasteiger partial charge in [0.25, 0.3) is 0 Å². The summed E-state index contributed by atoms with van der Waals surface area (Å²) in [6, 6.07) is 0.0631. The maximum absolute atomic E-state index is 5.78. The Hall–Kier alpha value is -1.09. The fourth-order valence-electron chi connectivity index (χ4n) is 1.28. The van der Waals surface area contributed by atoms with Crippen LogP contribution in [-0.4, -0.2) is 9.55 Å². The summed E-state index contributed by atoms with van der Waals surface area (Å²) >= 11 is 0. The quantitative estimate of drug-likeness (QED) is 0.717. The molecule has 1 aromatic heterocycles. The van der Waals surface area contributed by atoms with Gasteiger partial charge < -0.3 is 10.3 Å². The van der Waals surface area contributed by atoms with Crippen LogP contribution in [0.15, 0.2) is 24.7 Å². The normalized spacial score (nSPS) is 13.8. The van der Waals surface area contributed by atoms with Crippen LogP contribution in [0, 0.1) is 0 Å². The van der Waals surface area contributed by atoms with Crippen LogP contribution < -0.4 is 5.73 Å². The van der Waals surface area contributed by atoms with Crippen molar-refractivity contribution >= 4 is 0 Å². The predicted octanol–water partition coefficient (Wildman–Crippen LogP) is 1.87. The molecular weight excluding hydrogens is 162 g/mol. The van der Waals surface area contributed by atoms with Gasteiger partial charge in [-0.15, -0.1) is 0 Å². The van der Waals surface area contributed by atoms with Crippen LogP contribution in [0.5, 0.6) is 0 Å². The molecule has 1 rings (SSSR count). The molecule has 0 aliphatic carbocycles. The van der Waals surface area contributed by atoms with E-state index in [9.17, 15) is 0 Å². The van der Waals surface area contributed by atoms with E-state index >= 15 is 0 Å². The zero-order valence-electron chi connectivity index (χ0n) is 8.27. The zero-order valence-corrected chi connectivity index (χ0v) is 8.27. The maximum atomic E-state index is 5.78. The van der Waals surface area contributed by atoms with E-state index in [-0.39, 0.29) is 6.04 Å². The van der Waals surface area contributed by atoms with Gasteiger partial charge >= 0.3 is 0 Å². The number of hydrogen-bond acceptors (Lipinski definition) is 2. The lowest BCUT2D eigenvalue weighted by Crippen LogP contribution is -2.11. The fourth-order valence-corrected chi connectivity index (χ4v) is 1.28. The minimum Gasteiger partial charge on any atom is -0.333 e. The van der Waals surface area contributed by atoms with Crippen molar-refractivity contribution in [3.63, 3.8) is 0 Å². The Morgan fingerprint density at radius 1 is 1.69 bits per heavy atom. The summed E-state index contributed by atoms with van der Waals surface area (Å²) in [5, 5.41) is 0. The van der Waals surface area contributed by atoms with Crippen molar-refractivity contribution in [1.29, 1.82) is 0 Å². The molecule has 13 heavy (non-hydrogen) atoms. The fraction of sp³-hybridized carbons (Fsp3) is 0.500. The molecule has 0 bridgehead atoms. The van der Waals surface area contributed by atoms with Gasteiger partial charge in [-0.1, -0.05) is 12.2 Å². The summed E-state index contributed by atoms with van der Waals surface area (Å²) in [6.07, 6.45) is 8.91. The van der Waals surface area contributed by atoms with E-state index in [1.807, 2.05) is 26.4 Å². The molecule has 1 atom stereocenters. The molecule has 0 aromatic carbocycles. The van der Waals surface area contributed by atoms with Gasteiger partial charge in [-0.2, -0.15) is 0 Å². The molecule has 1 unspecified atom stereocenters. The highest BCUT2D eigenvalue weighted by molar-refractivity contribution is 5.03. The number of nitrogens with zero attached hydrogens (tertiary/aromatic N) is 2. The predicted molar refractivity (Wildman–Crippen MR) is 54.3 cm³/mol. The van der Waals surface area contributed by atoms with Crippen LogP contribution in [0.25, 0.3) is 0 Å². The van der Waals surface area contributed by atoms with Crippen LogP contribution in [-0.2, 0) is 6.54 Å². The van der Waals surface area contributed by atoms with Crippen molar-refractivity contribution in [2.45, 2.75) is 32.9 Å². The average Bonchev–Trinajstić information content (AvgIpc) is 2.53. The second kappa shape index (κ2) is 4.82. The largest absolute Gasteiger partial charge is 0.333 e. The number of nitrogens with two attached hydrogens (primary N) is 1. The molecule has 72 valence electrons. The summed E-state index contributed by atoms with van der Waals surface area (Å²) in [5.41, 5.74) is 6.89. The molecule has 3 nitrogen and oxygen atoms in total. The van der Waals surface area contributed by atoms with Crippen LogP contribution in [0.3, 0.4) is 0 Å². The SMILES string of the molecule is C/C=C/CCn1cncc1C(C)N. The van der Waals surface area contributed by atoms with Crippen molar-refractivity contribution < 1.29 is 0 Å². The first-order valence-corrected chi connectivity index (χ1v) is 4.62. The van der Waals surface area contributed by atoms with Crippen molar-refractivity contribution in [2.75, 3.05) is 0 Å². The number of imidazole rings is 1. The Morgan fingerprint density at radius 3 is 3.08 bits per heavy atom. The lowest BCUT2D eigenvalue weighted by molar-refractivity contribution is 0.631. The van der Waals surface area contributed by atoms with Crippen LogP contribution >= 0.6 is 0 Å². The molecule has 0 amide bonds. The highest BCUT2D eigenvalue weighted by Gasteiger charge is 2.04. The Bertz CT molecular complexity index is 273. The van der Waals surface area contributed by atoms with E-state index < -0.39 is 0 Å². The third-order valence-electron chi connectivity index (χ3n) is 1.98. The Balaban J connectivity index is 2.60. The van der Waals surface area contributed by atoms with Crippen LogP contribution in [0.2, 0.25) is 0 Å². The van der Waals surface area contributed by atoms with Crippen LogP contribution in [0.4, 0.5) is 0 Å². The van der Waals surface area contributed by atoms with E-state index in [1.165, 1.54) is 0 Å². The van der Waals surface area contributed by atoms with E-state index in [0.717, 1.165) is 18.7 Å². The standard InChI is InChI=1S/C10H17N3/c1-3-4-5-6-13-8-12-7-10(13)9(2)11/h3-4,7-9H,5-6,11H2,1-2H3/b4-3+. The first-order chi connectivity index (χ1) is 6.25. The van der Waals surface area contributed by atoms with Crippen molar-refractivity contribution in [1.82, 2.24) is 9.55 Å². The first-order valence-electron chi connectivity index (χ1n) is 4.62. The topological polar surface area (TPSA) is 43.8 Å². The Morgan fingerprint density at radius 2 is 2.46 bits per heavy atom. The Labute approximate surface area is 79.3 Å². The summed E-state index contributed by atoms with van der Waals surface area (Å²) < 4.78 is 2.10. The van der Waals surface area contributed by atoms with Crippen molar-refractivity contribution in [3.05, 3.63) is 30.4 Å². The highest BCUT2D eigenvalue weighted by Crippen LogP contribution is 2.08. The molecule has 0 radical (unpaired) electrons. The minimum absolute atomic E-state index is 0.0631. The summed E-state index contributed by atoms with van der Waals surface area (Å²) in [6.45, 7) is 4.96. The number of allylic oxidation sites excluding steroid dienone is 2.